The van der Waals surface area contributed by atoms with Gasteiger partial charge in [0.05, 0.1) is 11.3 Å². The summed E-state index contributed by atoms with van der Waals surface area (Å²) in [5.41, 5.74) is 4.87. The Morgan fingerprint density at radius 3 is 2.24 bits per heavy atom. The van der Waals surface area contributed by atoms with Crippen molar-refractivity contribution < 1.29 is 13.6 Å². The molecule has 86 valence electrons. The predicted octanol–water partition coefficient (Wildman–Crippen LogP) is 2.78. The highest BCUT2D eigenvalue weighted by Gasteiger charge is 2.18. The Morgan fingerprint density at radius 2 is 1.59 bits per heavy atom. The molecule has 0 aliphatic carbocycles. The van der Waals surface area contributed by atoms with Crippen LogP contribution in [0.4, 0.5) is 14.5 Å². The maximum atomic E-state index is 13.5. The number of anilines is 1. The number of rotatable bonds is 2. The van der Waals surface area contributed by atoms with Crippen molar-refractivity contribution in [1.82, 2.24) is 0 Å². The normalized spacial score (nSPS) is 10.2. The molecule has 2 rings (SSSR count). The third-order valence-electron chi connectivity index (χ3n) is 2.39. The molecule has 2 aromatic carbocycles. The Kier molecular flexibility index (Phi) is 2.87. The molecule has 4 heteroatoms. The predicted molar refractivity (Wildman–Crippen MR) is 60.6 cm³/mol. The van der Waals surface area contributed by atoms with Crippen molar-refractivity contribution >= 4 is 11.5 Å². The Bertz CT molecular complexity index is 567. The molecule has 0 fully saturated rings. The fourth-order valence-electron chi connectivity index (χ4n) is 1.48. The lowest BCUT2D eigenvalue weighted by Gasteiger charge is -2.05. The summed E-state index contributed by atoms with van der Waals surface area (Å²) in [4.78, 5) is 11.9. The van der Waals surface area contributed by atoms with Crippen molar-refractivity contribution in [3.63, 3.8) is 0 Å². The van der Waals surface area contributed by atoms with E-state index in [1.807, 2.05) is 0 Å². The van der Waals surface area contributed by atoms with Gasteiger partial charge >= 0.3 is 0 Å². The third kappa shape index (κ3) is 2.01. The molecular weight excluding hydrogens is 224 g/mol. The zero-order valence-corrected chi connectivity index (χ0v) is 8.78. The molecule has 0 bridgehead atoms. The van der Waals surface area contributed by atoms with Crippen molar-refractivity contribution in [3.8, 4) is 0 Å². The van der Waals surface area contributed by atoms with Gasteiger partial charge in [-0.25, -0.2) is 8.78 Å². The molecule has 2 aromatic rings. The molecule has 0 saturated carbocycles. The molecule has 0 spiro atoms. The number of hydrogen-bond donors (Lipinski definition) is 1. The van der Waals surface area contributed by atoms with Gasteiger partial charge in [0.25, 0.3) is 0 Å². The molecule has 0 radical (unpaired) electrons. The Labute approximate surface area is 96.7 Å². The van der Waals surface area contributed by atoms with E-state index in [0.29, 0.717) is 5.56 Å². The highest BCUT2D eigenvalue weighted by atomic mass is 19.2. The summed E-state index contributed by atoms with van der Waals surface area (Å²) in [6, 6.07) is 10.5. The largest absolute Gasteiger partial charge is 0.396 e. The van der Waals surface area contributed by atoms with Crippen LogP contribution in [0.1, 0.15) is 15.9 Å². The molecule has 0 aromatic heterocycles. The number of carbonyl (C=O) groups excluding carboxylic acids is 1. The zero-order valence-electron chi connectivity index (χ0n) is 8.78. The molecule has 0 atom stereocenters. The fraction of sp³-hybridized carbons (Fsp3) is 0. The Hall–Kier alpha value is -2.23. The van der Waals surface area contributed by atoms with Gasteiger partial charge in [-0.2, -0.15) is 0 Å². The first-order valence-electron chi connectivity index (χ1n) is 4.94. The fourth-order valence-corrected chi connectivity index (χ4v) is 1.48. The number of ketones is 1. The molecule has 17 heavy (non-hydrogen) atoms. The summed E-state index contributed by atoms with van der Waals surface area (Å²) in [6.07, 6.45) is 0. The van der Waals surface area contributed by atoms with Crippen LogP contribution in [-0.2, 0) is 0 Å². The van der Waals surface area contributed by atoms with Crippen LogP contribution in [0.3, 0.4) is 0 Å². The van der Waals surface area contributed by atoms with Gasteiger partial charge in [0.1, 0.15) is 0 Å². The second-order valence-electron chi connectivity index (χ2n) is 3.53. The van der Waals surface area contributed by atoms with Gasteiger partial charge in [-0.1, -0.05) is 30.3 Å². The Balaban J connectivity index is 2.49. The van der Waals surface area contributed by atoms with E-state index in [1.165, 1.54) is 24.3 Å². The Morgan fingerprint density at radius 1 is 0.941 bits per heavy atom. The minimum absolute atomic E-state index is 0.301. The number of carbonyl (C=O) groups is 1. The molecule has 0 amide bonds. The molecule has 0 aliphatic rings. The summed E-state index contributed by atoms with van der Waals surface area (Å²) in [5.74, 6) is -2.97. The summed E-state index contributed by atoms with van der Waals surface area (Å²) in [7, 11) is 0. The van der Waals surface area contributed by atoms with Crippen LogP contribution in [0.2, 0.25) is 0 Å². The van der Waals surface area contributed by atoms with Crippen molar-refractivity contribution in [1.29, 1.82) is 0 Å². The summed E-state index contributed by atoms with van der Waals surface area (Å²) in [6.45, 7) is 0. The van der Waals surface area contributed by atoms with E-state index >= 15 is 0 Å². The van der Waals surface area contributed by atoms with E-state index < -0.39 is 17.4 Å². The van der Waals surface area contributed by atoms with E-state index in [9.17, 15) is 13.6 Å². The maximum Gasteiger partial charge on any atom is 0.196 e. The smallest absolute Gasteiger partial charge is 0.196 e. The van der Waals surface area contributed by atoms with E-state index in [2.05, 4.69) is 0 Å². The zero-order chi connectivity index (χ0) is 12.4. The molecule has 0 heterocycles. The van der Waals surface area contributed by atoms with Crippen molar-refractivity contribution in [3.05, 3.63) is 65.2 Å². The SMILES string of the molecule is Nc1ccc(C(=O)c2ccccc2)c(F)c1F. The first kappa shape index (κ1) is 11.3. The molecule has 0 saturated heterocycles. The van der Waals surface area contributed by atoms with Crippen LogP contribution in [0.15, 0.2) is 42.5 Å². The third-order valence-corrected chi connectivity index (χ3v) is 2.39. The standard InChI is InChI=1S/C13H9F2NO/c14-11-9(6-7-10(16)12(11)15)13(17)8-4-2-1-3-5-8/h1-7H,16H2. The summed E-state index contributed by atoms with van der Waals surface area (Å²) < 4.78 is 26.7. The molecule has 0 unspecified atom stereocenters. The number of benzene rings is 2. The van der Waals surface area contributed by atoms with Gasteiger partial charge in [-0.15, -0.1) is 0 Å². The van der Waals surface area contributed by atoms with Gasteiger partial charge in [0.15, 0.2) is 17.4 Å². The number of nitrogens with two attached hydrogens (primary N) is 1. The number of hydrogen-bond acceptors (Lipinski definition) is 2. The van der Waals surface area contributed by atoms with Gasteiger partial charge in [0, 0.05) is 5.56 Å². The number of nitrogen functional groups attached to an aromatic ring is 1. The lowest BCUT2D eigenvalue weighted by molar-refractivity contribution is 0.103. The highest BCUT2D eigenvalue weighted by Crippen LogP contribution is 2.20. The average molecular weight is 233 g/mol. The molecular formula is C13H9F2NO. The van der Waals surface area contributed by atoms with E-state index in [0.717, 1.165) is 0 Å². The average Bonchev–Trinajstić information content (AvgIpc) is 2.36. The van der Waals surface area contributed by atoms with Crippen molar-refractivity contribution in [2.45, 2.75) is 0 Å². The first-order chi connectivity index (χ1) is 8.11. The van der Waals surface area contributed by atoms with Crippen LogP contribution in [0, 0.1) is 11.6 Å². The van der Waals surface area contributed by atoms with Crippen LogP contribution in [0.5, 0.6) is 0 Å². The van der Waals surface area contributed by atoms with Crippen LogP contribution < -0.4 is 5.73 Å². The van der Waals surface area contributed by atoms with E-state index in [-0.39, 0.29) is 11.3 Å². The quantitative estimate of drug-likeness (QED) is 0.640. The first-order valence-corrected chi connectivity index (χ1v) is 4.94. The second kappa shape index (κ2) is 4.33. The van der Waals surface area contributed by atoms with Gasteiger partial charge in [-0.05, 0) is 12.1 Å². The molecule has 2 nitrogen and oxygen atoms in total. The molecule has 2 N–H and O–H groups in total. The van der Waals surface area contributed by atoms with Crippen molar-refractivity contribution in [2.75, 3.05) is 5.73 Å². The minimum atomic E-state index is -1.21. The van der Waals surface area contributed by atoms with Crippen LogP contribution >= 0.6 is 0 Å². The lowest BCUT2D eigenvalue weighted by Crippen LogP contribution is -2.07. The molecule has 0 aliphatic heterocycles. The van der Waals surface area contributed by atoms with Crippen LogP contribution in [-0.4, -0.2) is 5.78 Å². The summed E-state index contributed by atoms with van der Waals surface area (Å²) >= 11 is 0. The highest BCUT2D eigenvalue weighted by molar-refractivity contribution is 6.09. The lowest BCUT2D eigenvalue weighted by atomic mass is 10.0. The van der Waals surface area contributed by atoms with Gasteiger partial charge in [0.2, 0.25) is 0 Å². The van der Waals surface area contributed by atoms with Crippen LogP contribution in [0.25, 0.3) is 0 Å². The summed E-state index contributed by atoms with van der Waals surface area (Å²) in [5, 5.41) is 0. The van der Waals surface area contributed by atoms with Gasteiger partial charge < -0.3 is 5.73 Å². The topological polar surface area (TPSA) is 43.1 Å². The monoisotopic (exact) mass is 233 g/mol. The second-order valence-corrected chi connectivity index (χ2v) is 3.53. The van der Waals surface area contributed by atoms with Crippen molar-refractivity contribution in [2.24, 2.45) is 0 Å². The van der Waals surface area contributed by atoms with E-state index in [1.54, 1.807) is 18.2 Å². The van der Waals surface area contributed by atoms with E-state index in [4.69, 9.17) is 5.73 Å². The number of halogens is 2. The maximum absolute atomic E-state index is 13.5. The van der Waals surface area contributed by atoms with Gasteiger partial charge in [-0.3, -0.25) is 4.79 Å². The minimum Gasteiger partial charge on any atom is -0.396 e.